The predicted molar refractivity (Wildman–Crippen MR) is 107 cm³/mol. The Bertz CT molecular complexity index is 1160. The number of hydrogen-bond acceptors (Lipinski definition) is 5. The van der Waals surface area contributed by atoms with E-state index >= 15 is 0 Å². The van der Waals surface area contributed by atoms with Gasteiger partial charge in [0.2, 0.25) is 11.7 Å². The zero-order chi connectivity index (χ0) is 20.1. The number of nitrogens with one attached hydrogen (secondary N) is 2. The van der Waals surface area contributed by atoms with Crippen LogP contribution < -0.4 is 10.9 Å². The summed E-state index contributed by atoms with van der Waals surface area (Å²) in [5.74, 6) is -0.335. The first-order valence-electron chi connectivity index (χ1n) is 9.06. The van der Waals surface area contributed by atoms with E-state index in [1.165, 1.54) is 4.80 Å². The van der Waals surface area contributed by atoms with Gasteiger partial charge in [-0.2, -0.15) is 4.80 Å². The van der Waals surface area contributed by atoms with Crippen LogP contribution in [0, 0.1) is 0 Å². The van der Waals surface area contributed by atoms with Gasteiger partial charge in [0.15, 0.2) is 0 Å². The van der Waals surface area contributed by atoms with Crippen molar-refractivity contribution in [3.63, 3.8) is 0 Å². The third-order valence-electron chi connectivity index (χ3n) is 4.29. The highest BCUT2D eigenvalue weighted by Crippen LogP contribution is 2.16. The molecule has 0 bridgehead atoms. The Morgan fingerprint density at radius 2 is 1.55 bits per heavy atom. The maximum absolute atomic E-state index is 12.1. The first-order valence-corrected chi connectivity index (χ1v) is 9.06. The molecule has 0 spiro atoms. The fraction of sp³-hybridized carbons (Fsp3) is 0.0952. The number of aromatic nitrogens is 4. The monoisotopic (exact) mass is 386 g/mol. The van der Waals surface area contributed by atoms with Gasteiger partial charge < -0.3 is 0 Å². The summed E-state index contributed by atoms with van der Waals surface area (Å²) in [6.07, 6.45) is 0.158. The highest BCUT2D eigenvalue weighted by Gasteiger charge is 2.10. The second kappa shape index (κ2) is 8.30. The molecule has 0 saturated carbocycles. The molecule has 4 aromatic rings. The summed E-state index contributed by atoms with van der Waals surface area (Å²) >= 11 is 0. The number of tetrazole rings is 1. The molecule has 0 atom stereocenters. The standard InChI is InChI=1S/C21H18N6O2/c28-19(13-15-10-11-16-6-4-5-9-18(16)12-15)22-23-20(29)14-27-25-21(24-26-27)17-7-2-1-3-8-17/h1-12H,13-14H2,(H,22,28)(H,23,29). The molecule has 0 radical (unpaired) electrons. The lowest BCUT2D eigenvalue weighted by atomic mass is 10.1. The first-order chi connectivity index (χ1) is 14.2. The number of hydrogen-bond donors (Lipinski definition) is 2. The number of fused-ring (bicyclic) bond motifs is 1. The molecule has 0 aliphatic heterocycles. The Kier molecular flexibility index (Phi) is 5.24. The van der Waals surface area contributed by atoms with Crippen LogP contribution in [-0.4, -0.2) is 32.0 Å². The summed E-state index contributed by atoms with van der Waals surface area (Å²) in [5, 5.41) is 14.1. The summed E-state index contributed by atoms with van der Waals surface area (Å²) in [5.41, 5.74) is 6.45. The smallest absolute Gasteiger partial charge is 0.262 e. The SMILES string of the molecule is O=C(Cc1ccc2ccccc2c1)NNC(=O)Cn1nnc(-c2ccccc2)n1. The van der Waals surface area contributed by atoms with Gasteiger partial charge in [0.25, 0.3) is 5.91 Å². The van der Waals surface area contributed by atoms with Crippen molar-refractivity contribution in [2.24, 2.45) is 0 Å². The molecule has 144 valence electrons. The molecule has 0 fully saturated rings. The van der Waals surface area contributed by atoms with Crippen LogP contribution in [0.1, 0.15) is 5.56 Å². The number of carbonyl (C=O) groups is 2. The zero-order valence-electron chi connectivity index (χ0n) is 15.4. The normalized spacial score (nSPS) is 10.6. The first kappa shape index (κ1) is 18.3. The van der Waals surface area contributed by atoms with Crippen molar-refractivity contribution in [3.05, 3.63) is 78.4 Å². The van der Waals surface area contributed by atoms with Crippen LogP contribution in [0.5, 0.6) is 0 Å². The van der Waals surface area contributed by atoms with E-state index in [4.69, 9.17) is 0 Å². The quantitative estimate of drug-likeness (QED) is 0.510. The zero-order valence-corrected chi connectivity index (χ0v) is 15.4. The van der Waals surface area contributed by atoms with Gasteiger partial charge in [0.05, 0.1) is 6.42 Å². The van der Waals surface area contributed by atoms with E-state index in [0.29, 0.717) is 5.82 Å². The summed E-state index contributed by atoms with van der Waals surface area (Å²) in [4.78, 5) is 25.3. The van der Waals surface area contributed by atoms with Crippen molar-refractivity contribution in [2.75, 3.05) is 0 Å². The third-order valence-corrected chi connectivity index (χ3v) is 4.29. The Morgan fingerprint density at radius 1 is 0.828 bits per heavy atom. The molecule has 1 aromatic heterocycles. The molecular formula is C21H18N6O2. The summed E-state index contributed by atoms with van der Waals surface area (Å²) in [6.45, 7) is -0.157. The molecule has 1 heterocycles. The van der Waals surface area contributed by atoms with Gasteiger partial charge in [-0.15, -0.1) is 10.2 Å². The Morgan fingerprint density at radius 3 is 2.38 bits per heavy atom. The fourth-order valence-electron chi connectivity index (χ4n) is 2.90. The summed E-state index contributed by atoms with van der Waals surface area (Å²) < 4.78 is 0. The average Bonchev–Trinajstić information content (AvgIpc) is 3.21. The molecule has 0 unspecified atom stereocenters. The second-order valence-electron chi connectivity index (χ2n) is 6.46. The number of benzene rings is 3. The van der Waals surface area contributed by atoms with Crippen LogP contribution in [-0.2, 0) is 22.6 Å². The van der Waals surface area contributed by atoms with E-state index in [-0.39, 0.29) is 18.9 Å². The van der Waals surface area contributed by atoms with Gasteiger partial charge in [-0.25, -0.2) is 0 Å². The molecule has 2 N–H and O–H groups in total. The van der Waals surface area contributed by atoms with Crippen LogP contribution >= 0.6 is 0 Å². The van der Waals surface area contributed by atoms with E-state index < -0.39 is 5.91 Å². The van der Waals surface area contributed by atoms with Crippen LogP contribution in [0.3, 0.4) is 0 Å². The minimum atomic E-state index is -0.450. The van der Waals surface area contributed by atoms with E-state index in [9.17, 15) is 9.59 Å². The molecule has 8 nitrogen and oxygen atoms in total. The molecule has 0 aliphatic rings. The minimum absolute atomic E-state index is 0.157. The third kappa shape index (κ3) is 4.62. The van der Waals surface area contributed by atoms with Crippen LogP contribution in [0.25, 0.3) is 22.2 Å². The van der Waals surface area contributed by atoms with Crippen molar-refractivity contribution in [1.82, 2.24) is 31.1 Å². The van der Waals surface area contributed by atoms with Gasteiger partial charge in [-0.1, -0.05) is 72.8 Å². The highest BCUT2D eigenvalue weighted by atomic mass is 16.2. The van der Waals surface area contributed by atoms with Gasteiger partial charge in [-0.05, 0) is 21.5 Å². The number of carbonyl (C=O) groups excluding carboxylic acids is 2. The maximum atomic E-state index is 12.1. The van der Waals surface area contributed by atoms with Gasteiger partial charge in [0.1, 0.15) is 6.54 Å². The Hall–Kier alpha value is -4.07. The van der Waals surface area contributed by atoms with E-state index in [2.05, 4.69) is 26.3 Å². The molecule has 0 saturated heterocycles. The van der Waals surface area contributed by atoms with Crippen LogP contribution in [0.2, 0.25) is 0 Å². The summed E-state index contributed by atoms with van der Waals surface area (Å²) in [7, 11) is 0. The Labute approximate surface area is 166 Å². The Balaban J connectivity index is 1.29. The fourth-order valence-corrected chi connectivity index (χ4v) is 2.90. The molecule has 29 heavy (non-hydrogen) atoms. The molecule has 2 amide bonds. The van der Waals surface area contributed by atoms with Crippen molar-refractivity contribution < 1.29 is 9.59 Å². The molecule has 8 heteroatoms. The van der Waals surface area contributed by atoms with Crippen molar-refractivity contribution in [2.45, 2.75) is 13.0 Å². The van der Waals surface area contributed by atoms with Crippen molar-refractivity contribution in [3.8, 4) is 11.4 Å². The molecule has 4 rings (SSSR count). The molecule has 3 aromatic carbocycles. The van der Waals surface area contributed by atoms with Gasteiger partial charge in [-0.3, -0.25) is 20.4 Å². The lowest BCUT2D eigenvalue weighted by molar-refractivity contribution is -0.129. The highest BCUT2D eigenvalue weighted by molar-refractivity contribution is 5.86. The average molecular weight is 386 g/mol. The number of rotatable bonds is 5. The van der Waals surface area contributed by atoms with Crippen LogP contribution in [0.4, 0.5) is 0 Å². The largest absolute Gasteiger partial charge is 0.273 e. The van der Waals surface area contributed by atoms with E-state index in [0.717, 1.165) is 21.9 Å². The van der Waals surface area contributed by atoms with Gasteiger partial charge in [0, 0.05) is 5.56 Å². The minimum Gasteiger partial charge on any atom is -0.273 e. The number of amides is 2. The van der Waals surface area contributed by atoms with Crippen molar-refractivity contribution in [1.29, 1.82) is 0 Å². The topological polar surface area (TPSA) is 102 Å². The van der Waals surface area contributed by atoms with E-state index in [1.54, 1.807) is 0 Å². The van der Waals surface area contributed by atoms with E-state index in [1.807, 2.05) is 72.8 Å². The summed E-state index contributed by atoms with van der Waals surface area (Å²) in [6, 6.07) is 23.1. The lowest BCUT2D eigenvalue weighted by Gasteiger charge is -2.07. The molecular weight excluding hydrogens is 368 g/mol. The van der Waals surface area contributed by atoms with Crippen molar-refractivity contribution >= 4 is 22.6 Å². The lowest BCUT2D eigenvalue weighted by Crippen LogP contribution is -2.44. The number of hydrazine groups is 1. The number of nitrogens with zero attached hydrogens (tertiary/aromatic N) is 4. The maximum Gasteiger partial charge on any atom is 0.262 e. The predicted octanol–water partition coefficient (Wildman–Crippen LogP) is 1.88. The molecule has 0 aliphatic carbocycles. The second-order valence-corrected chi connectivity index (χ2v) is 6.46. The van der Waals surface area contributed by atoms with Gasteiger partial charge >= 0.3 is 0 Å². The van der Waals surface area contributed by atoms with Crippen LogP contribution in [0.15, 0.2) is 72.8 Å².